The fourth-order valence-corrected chi connectivity index (χ4v) is 2.65. The van der Waals surface area contributed by atoms with Gasteiger partial charge >= 0.3 is 0 Å². The molecule has 0 aliphatic carbocycles. The molecule has 1 amide bonds. The highest BCUT2D eigenvalue weighted by Crippen LogP contribution is 2.28. The minimum atomic E-state index is -0.460. The second kappa shape index (κ2) is 8.77. The monoisotopic (exact) mass is 343 g/mol. The number of thioether (sulfide) groups is 1. The lowest BCUT2D eigenvalue weighted by atomic mass is 10.1. The molecule has 1 aromatic rings. The highest BCUT2D eigenvalue weighted by Gasteiger charge is 2.17. The number of halogens is 1. The third-order valence-electron chi connectivity index (χ3n) is 3.27. The first-order chi connectivity index (χ1) is 10.1. The standard InChI is InChI=1S/C14H17N3O3S.ClH/c1-21-13-3-2-11(8-12(13)17(19)20)14(18)16-9-10-4-6-15-7-5-10;/h2-4,8,15H,5-7,9H2,1H3,(H,16,18);1H. The lowest BCUT2D eigenvalue weighted by Crippen LogP contribution is -2.29. The van der Waals surface area contributed by atoms with Gasteiger partial charge in [0.15, 0.2) is 0 Å². The van der Waals surface area contributed by atoms with E-state index in [1.165, 1.54) is 23.4 Å². The number of nitrogens with zero attached hydrogens (tertiary/aromatic N) is 1. The van der Waals surface area contributed by atoms with E-state index >= 15 is 0 Å². The van der Waals surface area contributed by atoms with Gasteiger partial charge in [-0.05, 0) is 31.4 Å². The molecular weight excluding hydrogens is 326 g/mol. The van der Waals surface area contributed by atoms with Gasteiger partial charge in [-0.3, -0.25) is 14.9 Å². The number of carbonyl (C=O) groups is 1. The second-order valence-corrected chi connectivity index (χ2v) is 5.49. The Kier molecular flexibility index (Phi) is 7.37. The topological polar surface area (TPSA) is 84.3 Å². The first-order valence-electron chi connectivity index (χ1n) is 6.61. The number of carbonyl (C=O) groups excluding carboxylic acids is 1. The summed E-state index contributed by atoms with van der Waals surface area (Å²) in [5.41, 5.74) is 1.46. The van der Waals surface area contributed by atoms with E-state index in [9.17, 15) is 14.9 Å². The van der Waals surface area contributed by atoms with Crippen LogP contribution in [0.1, 0.15) is 16.8 Å². The summed E-state index contributed by atoms with van der Waals surface area (Å²) in [7, 11) is 0. The first kappa shape index (κ1) is 18.5. The molecule has 1 heterocycles. The first-order valence-corrected chi connectivity index (χ1v) is 7.83. The van der Waals surface area contributed by atoms with Crippen molar-refractivity contribution in [3.05, 3.63) is 45.5 Å². The fraction of sp³-hybridized carbons (Fsp3) is 0.357. The van der Waals surface area contributed by atoms with Crippen LogP contribution in [0.2, 0.25) is 0 Å². The number of nitro benzene ring substituents is 1. The second-order valence-electron chi connectivity index (χ2n) is 4.64. The average molecular weight is 344 g/mol. The van der Waals surface area contributed by atoms with Gasteiger partial charge in [0.1, 0.15) is 0 Å². The Hall–Kier alpha value is -1.57. The van der Waals surface area contributed by atoms with E-state index in [-0.39, 0.29) is 24.0 Å². The van der Waals surface area contributed by atoms with Crippen molar-refractivity contribution in [2.45, 2.75) is 11.3 Å². The molecule has 6 nitrogen and oxygen atoms in total. The number of hydrogen-bond acceptors (Lipinski definition) is 5. The van der Waals surface area contributed by atoms with E-state index in [1.54, 1.807) is 18.4 Å². The van der Waals surface area contributed by atoms with E-state index in [2.05, 4.69) is 16.7 Å². The Morgan fingerprint density at radius 1 is 1.50 bits per heavy atom. The van der Waals surface area contributed by atoms with Gasteiger partial charge in [-0.15, -0.1) is 24.2 Å². The van der Waals surface area contributed by atoms with Gasteiger partial charge in [0.2, 0.25) is 0 Å². The third-order valence-corrected chi connectivity index (χ3v) is 4.06. The Balaban J connectivity index is 0.00000242. The summed E-state index contributed by atoms with van der Waals surface area (Å²) in [4.78, 5) is 23.2. The van der Waals surface area contributed by atoms with Crippen LogP contribution >= 0.6 is 24.2 Å². The van der Waals surface area contributed by atoms with Crippen LogP contribution in [0.3, 0.4) is 0 Å². The lowest BCUT2D eigenvalue weighted by Gasteiger charge is -2.14. The maximum atomic E-state index is 12.1. The van der Waals surface area contributed by atoms with E-state index in [1.807, 2.05) is 0 Å². The Bertz CT molecular complexity index is 593. The van der Waals surface area contributed by atoms with Crippen molar-refractivity contribution >= 4 is 35.8 Å². The predicted octanol–water partition coefficient (Wildman–Crippen LogP) is 2.39. The number of nitrogens with one attached hydrogen (secondary N) is 2. The molecule has 0 saturated carbocycles. The molecule has 0 fully saturated rings. The Morgan fingerprint density at radius 2 is 2.27 bits per heavy atom. The van der Waals surface area contributed by atoms with E-state index in [0.717, 1.165) is 19.5 Å². The van der Waals surface area contributed by atoms with Crippen LogP contribution in [0, 0.1) is 10.1 Å². The highest BCUT2D eigenvalue weighted by atomic mass is 35.5. The third kappa shape index (κ3) is 4.72. The van der Waals surface area contributed by atoms with Crippen molar-refractivity contribution in [2.24, 2.45) is 0 Å². The Labute approximate surface area is 139 Å². The molecule has 22 heavy (non-hydrogen) atoms. The van der Waals surface area contributed by atoms with Crippen LogP contribution < -0.4 is 10.6 Å². The van der Waals surface area contributed by atoms with Crippen LogP contribution in [0.4, 0.5) is 5.69 Å². The Morgan fingerprint density at radius 3 is 2.86 bits per heavy atom. The summed E-state index contributed by atoms with van der Waals surface area (Å²) >= 11 is 1.29. The van der Waals surface area contributed by atoms with E-state index in [4.69, 9.17) is 0 Å². The van der Waals surface area contributed by atoms with Crippen LogP contribution in [-0.4, -0.2) is 36.7 Å². The van der Waals surface area contributed by atoms with Gasteiger partial charge in [0.05, 0.1) is 9.82 Å². The van der Waals surface area contributed by atoms with Crippen molar-refractivity contribution in [1.82, 2.24) is 10.6 Å². The zero-order valence-corrected chi connectivity index (χ0v) is 13.8. The van der Waals surface area contributed by atoms with Gasteiger partial charge < -0.3 is 10.6 Å². The molecule has 0 unspecified atom stereocenters. The molecule has 120 valence electrons. The molecule has 0 aromatic heterocycles. The average Bonchev–Trinajstić information content (AvgIpc) is 2.52. The summed E-state index contributed by atoms with van der Waals surface area (Å²) < 4.78 is 0. The summed E-state index contributed by atoms with van der Waals surface area (Å²) in [6, 6.07) is 4.56. The maximum Gasteiger partial charge on any atom is 0.283 e. The smallest absolute Gasteiger partial charge is 0.283 e. The van der Waals surface area contributed by atoms with Crippen molar-refractivity contribution in [3.8, 4) is 0 Å². The van der Waals surface area contributed by atoms with E-state index < -0.39 is 4.92 Å². The number of amides is 1. The fourth-order valence-electron chi connectivity index (χ4n) is 2.10. The largest absolute Gasteiger partial charge is 0.348 e. The van der Waals surface area contributed by atoms with Crippen LogP contribution in [-0.2, 0) is 0 Å². The molecule has 0 radical (unpaired) electrons. The predicted molar refractivity (Wildman–Crippen MR) is 90.0 cm³/mol. The van der Waals surface area contributed by atoms with Gasteiger partial charge in [0.25, 0.3) is 11.6 Å². The molecule has 2 N–H and O–H groups in total. The van der Waals surface area contributed by atoms with Gasteiger partial charge in [0, 0.05) is 24.7 Å². The van der Waals surface area contributed by atoms with Gasteiger partial charge in [-0.25, -0.2) is 0 Å². The van der Waals surface area contributed by atoms with Crippen LogP contribution in [0.5, 0.6) is 0 Å². The minimum Gasteiger partial charge on any atom is -0.348 e. The molecule has 0 bridgehead atoms. The van der Waals surface area contributed by atoms with Gasteiger partial charge in [-0.2, -0.15) is 0 Å². The summed E-state index contributed by atoms with van der Waals surface area (Å²) in [5, 5.41) is 17.0. The molecule has 1 aliphatic rings. The number of hydrogen-bond donors (Lipinski definition) is 2. The normalized spacial score (nSPS) is 13.8. The van der Waals surface area contributed by atoms with Crippen molar-refractivity contribution < 1.29 is 9.72 Å². The SMILES string of the molecule is CSc1ccc(C(=O)NCC2=CCNCC2)cc1[N+](=O)[O-].Cl. The molecule has 0 atom stereocenters. The summed E-state index contributed by atoms with van der Waals surface area (Å²) in [6.07, 6.45) is 4.74. The van der Waals surface area contributed by atoms with Crippen molar-refractivity contribution in [3.63, 3.8) is 0 Å². The summed E-state index contributed by atoms with van der Waals surface area (Å²) in [5.74, 6) is -0.287. The van der Waals surface area contributed by atoms with Crippen molar-refractivity contribution in [1.29, 1.82) is 0 Å². The quantitative estimate of drug-likeness (QED) is 0.371. The minimum absolute atomic E-state index is 0. The number of nitro groups is 1. The molecule has 0 saturated heterocycles. The van der Waals surface area contributed by atoms with Crippen LogP contribution in [0.15, 0.2) is 34.7 Å². The van der Waals surface area contributed by atoms with Crippen molar-refractivity contribution in [2.75, 3.05) is 25.9 Å². The number of benzene rings is 1. The molecule has 1 aliphatic heterocycles. The van der Waals surface area contributed by atoms with Gasteiger partial charge in [-0.1, -0.05) is 11.6 Å². The molecule has 1 aromatic carbocycles. The van der Waals surface area contributed by atoms with E-state index in [0.29, 0.717) is 17.0 Å². The number of rotatable bonds is 5. The zero-order chi connectivity index (χ0) is 15.2. The molecule has 0 spiro atoms. The molecule has 2 rings (SSSR count). The summed E-state index contributed by atoms with van der Waals surface area (Å²) in [6.45, 7) is 2.22. The highest BCUT2D eigenvalue weighted by molar-refractivity contribution is 7.98. The van der Waals surface area contributed by atoms with Crippen LogP contribution in [0.25, 0.3) is 0 Å². The maximum absolute atomic E-state index is 12.1. The molecular formula is C14H18ClN3O3S. The molecule has 8 heteroatoms. The lowest BCUT2D eigenvalue weighted by molar-refractivity contribution is -0.387. The zero-order valence-electron chi connectivity index (χ0n) is 12.1.